The second-order valence-electron chi connectivity index (χ2n) is 4.29. The molecule has 0 aromatic heterocycles. The molecule has 0 saturated heterocycles. The molecule has 3 rings (SSSR count). The molecule has 1 heterocycles. The molecule has 0 fully saturated rings. The van der Waals surface area contributed by atoms with Crippen molar-refractivity contribution in [3.63, 3.8) is 0 Å². The van der Waals surface area contributed by atoms with Gasteiger partial charge in [-0.05, 0) is 29.9 Å². The van der Waals surface area contributed by atoms with Crippen LogP contribution < -0.4 is 10.6 Å². The van der Waals surface area contributed by atoms with Gasteiger partial charge in [-0.25, -0.2) is 0 Å². The first-order valence-electron chi connectivity index (χ1n) is 5.37. The summed E-state index contributed by atoms with van der Waals surface area (Å²) < 4.78 is 12.8. The maximum Gasteiger partial charge on any atom is 0.141 e. The van der Waals surface area contributed by atoms with Crippen molar-refractivity contribution in [3.05, 3.63) is 48.0 Å². The number of rotatable bonds is 0. The van der Waals surface area contributed by atoms with E-state index in [9.17, 15) is 4.57 Å². The van der Waals surface area contributed by atoms with Crippen molar-refractivity contribution < 1.29 is 4.57 Å². The first-order valence-corrected chi connectivity index (χ1v) is 7.52. The van der Waals surface area contributed by atoms with E-state index in [0.717, 1.165) is 21.7 Å². The van der Waals surface area contributed by atoms with Gasteiger partial charge in [0, 0.05) is 10.6 Å². The number of benzene rings is 2. The van der Waals surface area contributed by atoms with Gasteiger partial charge in [0.1, 0.15) is 7.14 Å². The summed E-state index contributed by atoms with van der Waals surface area (Å²) in [5, 5.41) is 10.6. The quantitative estimate of drug-likeness (QED) is 0.663. The molecular weight excluding hydrogens is 229 g/mol. The predicted octanol–water partition coefficient (Wildman–Crippen LogP) is 2.48. The fourth-order valence-corrected chi connectivity index (χ4v) is 4.71. The third-order valence-electron chi connectivity index (χ3n) is 3.24. The smallest absolute Gasteiger partial charge is 0.141 e. The van der Waals surface area contributed by atoms with Crippen LogP contribution in [0.4, 0.5) is 0 Å². The topological polar surface area (TPSA) is 40.9 Å². The predicted molar refractivity (Wildman–Crippen MR) is 69.4 cm³/mol. The average Bonchev–Trinajstić information content (AvgIpc) is 2.59. The fourth-order valence-electron chi connectivity index (χ4n) is 2.39. The second kappa shape index (κ2) is 3.32. The fraction of sp³-hybridized carbons (Fsp3) is 0.0714. The van der Waals surface area contributed by atoms with E-state index in [0.29, 0.717) is 5.56 Å². The molecule has 0 radical (unpaired) electrons. The summed E-state index contributed by atoms with van der Waals surface area (Å²) in [7, 11) is -2.51. The molecule has 2 aromatic carbocycles. The Labute approximate surface area is 99.9 Å². The zero-order valence-electron chi connectivity index (χ0n) is 9.34. The minimum atomic E-state index is -2.51. The molecule has 0 amide bonds. The van der Waals surface area contributed by atoms with Crippen LogP contribution in [0.2, 0.25) is 0 Å². The summed E-state index contributed by atoms with van der Waals surface area (Å²) in [6.45, 7) is 1.78. The average molecular weight is 239 g/mol. The zero-order valence-corrected chi connectivity index (χ0v) is 10.2. The van der Waals surface area contributed by atoms with Crippen molar-refractivity contribution in [2.45, 2.75) is 0 Å². The molecule has 0 unspecified atom stereocenters. The molecule has 0 N–H and O–H groups in total. The molecule has 82 valence electrons. The molecule has 3 heteroatoms. The van der Waals surface area contributed by atoms with Crippen molar-refractivity contribution >= 4 is 17.8 Å². The molecule has 2 aromatic rings. The molecule has 0 saturated carbocycles. The Kier molecular flexibility index (Phi) is 2.02. The summed E-state index contributed by atoms with van der Waals surface area (Å²) >= 11 is 0. The van der Waals surface area contributed by atoms with Crippen LogP contribution in [-0.2, 0) is 4.57 Å². The van der Waals surface area contributed by atoms with E-state index in [4.69, 9.17) is 5.26 Å². The SMILES string of the molecule is C[P@@]1(=O)c2ccccc2-c2ccc(C#N)cc21. The van der Waals surface area contributed by atoms with Crippen LogP contribution in [0.1, 0.15) is 5.56 Å². The summed E-state index contributed by atoms with van der Waals surface area (Å²) in [4.78, 5) is 0. The Bertz CT molecular complexity index is 712. The summed E-state index contributed by atoms with van der Waals surface area (Å²) in [5.74, 6) is 0. The van der Waals surface area contributed by atoms with E-state index in [2.05, 4.69) is 6.07 Å². The normalized spacial score (nSPS) is 20.5. The van der Waals surface area contributed by atoms with Gasteiger partial charge < -0.3 is 4.57 Å². The molecule has 0 aliphatic carbocycles. The van der Waals surface area contributed by atoms with Gasteiger partial charge >= 0.3 is 0 Å². The second-order valence-corrected chi connectivity index (χ2v) is 7.10. The maximum atomic E-state index is 12.8. The zero-order chi connectivity index (χ0) is 12.0. The van der Waals surface area contributed by atoms with Crippen LogP contribution in [0.15, 0.2) is 42.5 Å². The third-order valence-corrected chi connectivity index (χ3v) is 5.84. The maximum absolute atomic E-state index is 12.8. The highest BCUT2D eigenvalue weighted by Gasteiger charge is 2.34. The first kappa shape index (κ1) is 10.3. The van der Waals surface area contributed by atoms with E-state index in [-0.39, 0.29) is 0 Å². The monoisotopic (exact) mass is 239 g/mol. The molecule has 0 spiro atoms. The van der Waals surface area contributed by atoms with E-state index in [1.54, 1.807) is 18.8 Å². The van der Waals surface area contributed by atoms with Gasteiger partial charge in [-0.15, -0.1) is 0 Å². The number of nitrogens with zero attached hydrogens (tertiary/aromatic N) is 1. The van der Waals surface area contributed by atoms with Gasteiger partial charge in [0.2, 0.25) is 0 Å². The molecule has 2 nitrogen and oxygen atoms in total. The number of fused-ring (bicyclic) bond motifs is 3. The van der Waals surface area contributed by atoms with Crippen molar-refractivity contribution in [2.75, 3.05) is 6.66 Å². The van der Waals surface area contributed by atoms with Gasteiger partial charge in [0.25, 0.3) is 0 Å². The van der Waals surface area contributed by atoms with Crippen molar-refractivity contribution in [3.8, 4) is 17.2 Å². The molecule has 1 aliphatic rings. The van der Waals surface area contributed by atoms with E-state index in [1.165, 1.54) is 0 Å². The molecule has 17 heavy (non-hydrogen) atoms. The van der Waals surface area contributed by atoms with Crippen molar-refractivity contribution in [1.82, 2.24) is 0 Å². The van der Waals surface area contributed by atoms with Crippen LogP contribution in [0.25, 0.3) is 11.1 Å². The Morgan fingerprint density at radius 2 is 1.76 bits per heavy atom. The Hall–Kier alpha value is -1.84. The number of hydrogen-bond donors (Lipinski definition) is 0. The molecule has 1 atom stereocenters. The highest BCUT2D eigenvalue weighted by molar-refractivity contribution is 7.79. The Morgan fingerprint density at radius 1 is 1.06 bits per heavy atom. The third kappa shape index (κ3) is 1.30. The number of hydrogen-bond acceptors (Lipinski definition) is 2. The van der Waals surface area contributed by atoms with Gasteiger partial charge in [-0.1, -0.05) is 30.3 Å². The van der Waals surface area contributed by atoms with Crippen LogP contribution in [0.5, 0.6) is 0 Å². The van der Waals surface area contributed by atoms with E-state index >= 15 is 0 Å². The highest BCUT2D eigenvalue weighted by Crippen LogP contribution is 2.49. The van der Waals surface area contributed by atoms with Crippen LogP contribution in [0.3, 0.4) is 0 Å². The van der Waals surface area contributed by atoms with Gasteiger partial charge in [-0.3, -0.25) is 0 Å². The van der Waals surface area contributed by atoms with Gasteiger partial charge in [0.05, 0.1) is 11.6 Å². The largest absolute Gasteiger partial charge is 0.314 e. The minimum absolute atomic E-state index is 0.568. The lowest BCUT2D eigenvalue weighted by Crippen LogP contribution is -2.08. The van der Waals surface area contributed by atoms with Gasteiger partial charge in [0.15, 0.2) is 0 Å². The standard InChI is InChI=1S/C14H10NOP/c1-17(16)13-5-3-2-4-11(13)12-7-6-10(9-15)8-14(12)17/h2-8H,1H3/t17-/m1/s1. The first-order chi connectivity index (χ1) is 8.14. The minimum Gasteiger partial charge on any atom is -0.314 e. The van der Waals surface area contributed by atoms with Crippen LogP contribution in [-0.4, -0.2) is 6.66 Å². The Morgan fingerprint density at radius 3 is 2.53 bits per heavy atom. The highest BCUT2D eigenvalue weighted by atomic mass is 31.2. The molecule has 0 bridgehead atoms. The van der Waals surface area contributed by atoms with Crippen LogP contribution >= 0.6 is 7.14 Å². The van der Waals surface area contributed by atoms with E-state index < -0.39 is 7.14 Å². The Balaban J connectivity index is 2.41. The summed E-state index contributed by atoms with van der Waals surface area (Å²) in [5.41, 5.74) is 2.61. The lowest BCUT2D eigenvalue weighted by atomic mass is 10.0. The van der Waals surface area contributed by atoms with Crippen LogP contribution in [0, 0.1) is 11.3 Å². The van der Waals surface area contributed by atoms with Crippen molar-refractivity contribution in [1.29, 1.82) is 5.26 Å². The lowest BCUT2D eigenvalue weighted by Gasteiger charge is -2.07. The summed E-state index contributed by atoms with van der Waals surface area (Å²) in [6.07, 6.45) is 0. The molecular formula is C14H10NOP. The molecule has 1 aliphatic heterocycles. The van der Waals surface area contributed by atoms with Crippen molar-refractivity contribution in [2.24, 2.45) is 0 Å². The summed E-state index contributed by atoms with van der Waals surface area (Å²) in [6, 6.07) is 15.3. The number of nitriles is 1. The van der Waals surface area contributed by atoms with Gasteiger partial charge in [-0.2, -0.15) is 5.26 Å². The lowest BCUT2D eigenvalue weighted by molar-refractivity contribution is 0.591. The van der Waals surface area contributed by atoms with E-state index in [1.807, 2.05) is 30.3 Å².